The van der Waals surface area contributed by atoms with Crippen LogP contribution in [0.3, 0.4) is 0 Å². The van der Waals surface area contributed by atoms with Crippen LogP contribution < -0.4 is 5.56 Å². The number of hydrogen-bond acceptors (Lipinski definition) is 2. The Balaban J connectivity index is 2.02. The van der Waals surface area contributed by atoms with Gasteiger partial charge in [-0.15, -0.1) is 0 Å². The second-order valence-electron chi connectivity index (χ2n) is 5.19. The highest BCUT2D eigenvalue weighted by molar-refractivity contribution is 6.05. The number of hydrogen-bond donors (Lipinski definition) is 1. The topological polar surface area (TPSA) is 58.1 Å². The van der Waals surface area contributed by atoms with Gasteiger partial charge in [-0.3, -0.25) is 9.59 Å². The minimum Gasteiger partial charge on any atom is -0.357 e. The lowest BCUT2D eigenvalue weighted by molar-refractivity contribution is 0.0668. The van der Waals surface area contributed by atoms with E-state index in [2.05, 4.69) is 4.98 Å². The molecule has 106 valence electrons. The number of carbonyl (C=O) groups excluding carboxylic acids is 1. The Hall–Kier alpha value is -2.11. The summed E-state index contributed by atoms with van der Waals surface area (Å²) in [5, 5.41) is 0.625. The molecule has 0 aromatic carbocycles. The highest BCUT2D eigenvalue weighted by Gasteiger charge is 2.25. The molecule has 20 heavy (non-hydrogen) atoms. The van der Waals surface area contributed by atoms with Crippen LogP contribution in [-0.4, -0.2) is 39.6 Å². The van der Waals surface area contributed by atoms with Gasteiger partial charge in [0.05, 0.1) is 5.56 Å². The molecule has 0 saturated carbocycles. The molecule has 1 saturated heterocycles. The summed E-state index contributed by atoms with van der Waals surface area (Å²) in [5.41, 5.74) is 0.753. The van der Waals surface area contributed by atoms with Crippen molar-refractivity contribution in [2.45, 2.75) is 19.0 Å². The van der Waals surface area contributed by atoms with Crippen LogP contribution in [0.5, 0.6) is 0 Å². The van der Waals surface area contributed by atoms with Crippen LogP contribution in [0.2, 0.25) is 0 Å². The van der Waals surface area contributed by atoms with Crippen LogP contribution in [0, 0.1) is 0 Å². The van der Waals surface area contributed by atoms with Gasteiger partial charge in [-0.2, -0.15) is 0 Å². The molecule has 2 aromatic rings. The van der Waals surface area contributed by atoms with Crippen molar-refractivity contribution < 1.29 is 9.18 Å². The Morgan fingerprint density at radius 3 is 2.80 bits per heavy atom. The molecule has 0 unspecified atom stereocenters. The Kier molecular flexibility index (Phi) is 3.08. The van der Waals surface area contributed by atoms with Gasteiger partial charge in [-0.25, -0.2) is 4.39 Å². The highest BCUT2D eigenvalue weighted by Crippen LogP contribution is 2.20. The smallest absolute Gasteiger partial charge is 0.274 e. The van der Waals surface area contributed by atoms with Crippen LogP contribution in [-0.2, 0) is 7.05 Å². The van der Waals surface area contributed by atoms with Crippen molar-refractivity contribution in [3.05, 3.63) is 34.4 Å². The largest absolute Gasteiger partial charge is 0.357 e. The number of halogens is 1. The average Bonchev–Trinajstić information content (AvgIpc) is 2.92. The van der Waals surface area contributed by atoms with E-state index in [4.69, 9.17) is 0 Å². The number of nitrogens with zero attached hydrogens (tertiary/aromatic N) is 2. The number of aromatic amines is 1. The first-order valence-corrected chi connectivity index (χ1v) is 6.68. The number of rotatable bonds is 1. The number of likely N-dealkylation sites (tertiary alicyclic amines) is 1. The van der Waals surface area contributed by atoms with Gasteiger partial charge in [0, 0.05) is 37.9 Å². The van der Waals surface area contributed by atoms with E-state index in [0.29, 0.717) is 42.4 Å². The summed E-state index contributed by atoms with van der Waals surface area (Å²) >= 11 is 0. The van der Waals surface area contributed by atoms with E-state index in [1.165, 1.54) is 4.57 Å². The molecule has 0 atom stereocenters. The lowest BCUT2D eigenvalue weighted by Crippen LogP contribution is -2.39. The predicted molar refractivity (Wildman–Crippen MR) is 73.6 cm³/mol. The Morgan fingerprint density at radius 2 is 2.10 bits per heavy atom. The van der Waals surface area contributed by atoms with Crippen molar-refractivity contribution in [2.24, 2.45) is 7.05 Å². The SMILES string of the molecule is Cn1cc(C(=O)N2CCC(F)CC2)c2cc[nH]c2c1=O. The lowest BCUT2D eigenvalue weighted by Gasteiger charge is -2.29. The summed E-state index contributed by atoms with van der Waals surface area (Å²) in [5.74, 6) is -0.142. The number of pyridine rings is 1. The van der Waals surface area contributed by atoms with Gasteiger partial charge < -0.3 is 14.5 Å². The first-order chi connectivity index (χ1) is 9.58. The maximum Gasteiger partial charge on any atom is 0.274 e. The van der Waals surface area contributed by atoms with Crippen LogP contribution >= 0.6 is 0 Å². The summed E-state index contributed by atoms with van der Waals surface area (Å²) in [4.78, 5) is 29.0. The fourth-order valence-electron chi connectivity index (χ4n) is 2.66. The number of aryl methyl sites for hydroxylation is 1. The quantitative estimate of drug-likeness (QED) is 0.857. The third-order valence-electron chi connectivity index (χ3n) is 3.84. The minimum atomic E-state index is -0.813. The second kappa shape index (κ2) is 4.77. The molecule has 5 nitrogen and oxygen atoms in total. The number of piperidine rings is 1. The zero-order chi connectivity index (χ0) is 14.3. The van der Waals surface area contributed by atoms with Crippen molar-refractivity contribution >= 4 is 16.8 Å². The van der Waals surface area contributed by atoms with Gasteiger partial charge >= 0.3 is 0 Å². The van der Waals surface area contributed by atoms with Gasteiger partial charge in [-0.1, -0.05) is 0 Å². The normalized spacial score (nSPS) is 16.8. The predicted octanol–water partition coefficient (Wildman–Crippen LogP) is 1.44. The van der Waals surface area contributed by atoms with Crippen molar-refractivity contribution in [3.63, 3.8) is 0 Å². The lowest BCUT2D eigenvalue weighted by atomic mass is 10.1. The van der Waals surface area contributed by atoms with Crippen LogP contribution in [0.25, 0.3) is 10.9 Å². The number of H-pyrrole nitrogens is 1. The van der Waals surface area contributed by atoms with E-state index in [1.807, 2.05) is 0 Å². The molecule has 0 aliphatic carbocycles. The number of nitrogens with one attached hydrogen (secondary N) is 1. The maximum atomic E-state index is 13.2. The zero-order valence-corrected chi connectivity index (χ0v) is 11.2. The third-order valence-corrected chi connectivity index (χ3v) is 3.84. The van der Waals surface area contributed by atoms with E-state index < -0.39 is 6.17 Å². The second-order valence-corrected chi connectivity index (χ2v) is 5.19. The summed E-state index contributed by atoms with van der Waals surface area (Å²) in [6.45, 7) is 0.851. The highest BCUT2D eigenvalue weighted by atomic mass is 19.1. The summed E-state index contributed by atoms with van der Waals surface area (Å²) in [6, 6.07) is 1.73. The van der Waals surface area contributed by atoms with Gasteiger partial charge in [0.15, 0.2) is 0 Å². The van der Waals surface area contributed by atoms with E-state index in [1.54, 1.807) is 30.4 Å². The number of amides is 1. The van der Waals surface area contributed by atoms with Crippen LogP contribution in [0.1, 0.15) is 23.2 Å². The standard InChI is InChI=1S/C14H16FN3O2/c1-17-8-11(10-2-5-16-12(10)14(17)20)13(19)18-6-3-9(15)4-7-18/h2,5,8-9,16H,3-4,6-7H2,1H3. The molecule has 1 fully saturated rings. The van der Waals surface area contributed by atoms with E-state index >= 15 is 0 Å². The molecular formula is C14H16FN3O2. The molecule has 0 radical (unpaired) electrons. The van der Waals surface area contributed by atoms with Crippen molar-refractivity contribution in [1.29, 1.82) is 0 Å². The van der Waals surface area contributed by atoms with E-state index in [0.717, 1.165) is 0 Å². The number of fused-ring (bicyclic) bond motifs is 1. The number of carbonyl (C=O) groups is 1. The molecule has 3 heterocycles. The summed E-state index contributed by atoms with van der Waals surface area (Å²) in [7, 11) is 1.62. The van der Waals surface area contributed by atoms with E-state index in [9.17, 15) is 14.0 Å². The molecule has 1 N–H and O–H groups in total. The molecule has 1 amide bonds. The average molecular weight is 277 g/mol. The van der Waals surface area contributed by atoms with Gasteiger partial charge in [0.25, 0.3) is 11.5 Å². The minimum absolute atomic E-state index is 0.142. The van der Waals surface area contributed by atoms with Crippen molar-refractivity contribution in [2.75, 3.05) is 13.1 Å². The van der Waals surface area contributed by atoms with Crippen LogP contribution in [0.4, 0.5) is 4.39 Å². The van der Waals surface area contributed by atoms with Gasteiger partial charge in [0.1, 0.15) is 11.7 Å². The molecular weight excluding hydrogens is 261 g/mol. The van der Waals surface area contributed by atoms with Gasteiger partial charge in [-0.05, 0) is 18.9 Å². The third kappa shape index (κ3) is 2.01. The first kappa shape index (κ1) is 12.9. The molecule has 6 heteroatoms. The Morgan fingerprint density at radius 1 is 1.40 bits per heavy atom. The Labute approximate surface area is 115 Å². The number of alkyl halides is 1. The maximum absolute atomic E-state index is 13.2. The van der Waals surface area contributed by atoms with Crippen molar-refractivity contribution in [3.8, 4) is 0 Å². The molecule has 0 bridgehead atoms. The van der Waals surface area contributed by atoms with Crippen molar-refractivity contribution in [1.82, 2.24) is 14.5 Å². The summed E-state index contributed by atoms with van der Waals surface area (Å²) < 4.78 is 14.6. The van der Waals surface area contributed by atoms with Gasteiger partial charge in [0.2, 0.25) is 0 Å². The number of aromatic nitrogens is 2. The van der Waals surface area contributed by atoms with Crippen LogP contribution in [0.15, 0.2) is 23.3 Å². The fourth-order valence-corrected chi connectivity index (χ4v) is 2.66. The fraction of sp³-hybridized carbons (Fsp3) is 0.429. The first-order valence-electron chi connectivity index (χ1n) is 6.68. The molecule has 1 aliphatic heterocycles. The zero-order valence-electron chi connectivity index (χ0n) is 11.2. The molecule has 0 spiro atoms. The summed E-state index contributed by atoms with van der Waals surface area (Å²) in [6.07, 6.45) is 3.16. The molecule has 1 aliphatic rings. The molecule has 3 rings (SSSR count). The Bertz CT molecular complexity index is 711. The molecule has 2 aromatic heterocycles. The monoisotopic (exact) mass is 277 g/mol. The van der Waals surface area contributed by atoms with E-state index in [-0.39, 0.29) is 11.5 Å².